The zero-order chi connectivity index (χ0) is 20.1. The largest absolute Gasteiger partial charge is 0.507 e. The van der Waals surface area contributed by atoms with Gasteiger partial charge in [0.05, 0.1) is 6.10 Å². The first-order chi connectivity index (χ1) is 11.9. The lowest BCUT2D eigenvalue weighted by Gasteiger charge is -2.31. The molecule has 0 aromatic heterocycles. The number of aliphatic hydroxyl groups is 2. The molecule has 1 unspecified atom stereocenters. The van der Waals surface area contributed by atoms with Gasteiger partial charge in [-0.25, -0.2) is 0 Å². The van der Waals surface area contributed by atoms with Crippen molar-refractivity contribution in [2.24, 2.45) is 0 Å². The van der Waals surface area contributed by atoms with Crippen LogP contribution >= 0.6 is 0 Å². The molecule has 0 radical (unpaired) electrons. The Morgan fingerprint density at radius 3 is 2.15 bits per heavy atom. The molecule has 0 spiro atoms. The molecule has 26 heavy (non-hydrogen) atoms. The number of phenolic OH excluding ortho intramolecular Hbond substituents is 1. The first kappa shape index (κ1) is 22.9. The predicted molar refractivity (Wildman–Crippen MR) is 109 cm³/mol. The minimum absolute atomic E-state index is 0.163. The number of aromatic hydroxyl groups is 1. The van der Waals surface area contributed by atoms with Gasteiger partial charge in [0.1, 0.15) is 5.75 Å². The highest BCUT2D eigenvalue weighted by atomic mass is 16.3. The highest BCUT2D eigenvalue weighted by Crippen LogP contribution is 2.42. The number of hydrogen-bond donors (Lipinski definition) is 4. The van der Waals surface area contributed by atoms with Gasteiger partial charge in [-0.1, -0.05) is 47.6 Å². The molecule has 4 N–H and O–H groups in total. The highest BCUT2D eigenvalue weighted by molar-refractivity contribution is 5.54. The zero-order valence-corrected chi connectivity index (χ0v) is 17.7. The lowest BCUT2D eigenvalue weighted by atomic mass is 9.75. The van der Waals surface area contributed by atoms with E-state index in [1.165, 1.54) is 0 Å². The smallest absolute Gasteiger partial charge is 0.123 e. The third-order valence-corrected chi connectivity index (χ3v) is 4.85. The average Bonchev–Trinajstić information content (AvgIpc) is 2.47. The molecule has 0 saturated heterocycles. The summed E-state index contributed by atoms with van der Waals surface area (Å²) < 4.78 is 0. The topological polar surface area (TPSA) is 72.7 Å². The molecule has 0 fully saturated rings. The molecule has 0 aliphatic carbocycles. The van der Waals surface area contributed by atoms with Crippen molar-refractivity contribution in [1.82, 2.24) is 5.32 Å². The van der Waals surface area contributed by atoms with E-state index in [0.29, 0.717) is 18.6 Å². The van der Waals surface area contributed by atoms with E-state index in [1.54, 1.807) is 0 Å². The summed E-state index contributed by atoms with van der Waals surface area (Å²) in [6, 6.07) is 2.07. The Morgan fingerprint density at radius 2 is 1.65 bits per heavy atom. The van der Waals surface area contributed by atoms with Crippen LogP contribution in [0.1, 0.15) is 76.6 Å². The van der Waals surface area contributed by atoms with Crippen LogP contribution in [0.25, 0.3) is 0 Å². The average molecular weight is 366 g/mol. The number of benzene rings is 1. The fourth-order valence-corrected chi connectivity index (χ4v) is 3.48. The maximum absolute atomic E-state index is 10.9. The number of aliphatic hydroxyl groups excluding tert-OH is 2. The van der Waals surface area contributed by atoms with Crippen LogP contribution in [0, 0.1) is 6.92 Å². The van der Waals surface area contributed by atoms with Gasteiger partial charge in [-0.2, -0.15) is 0 Å². The number of rotatable bonds is 8. The van der Waals surface area contributed by atoms with Crippen molar-refractivity contribution in [2.75, 3.05) is 19.7 Å². The molecule has 1 aromatic carbocycles. The summed E-state index contributed by atoms with van der Waals surface area (Å²) in [7, 11) is 0. The van der Waals surface area contributed by atoms with Crippen LogP contribution in [-0.2, 0) is 17.3 Å². The van der Waals surface area contributed by atoms with Crippen molar-refractivity contribution in [3.8, 4) is 5.75 Å². The second kappa shape index (κ2) is 9.20. The lowest BCUT2D eigenvalue weighted by molar-refractivity contribution is 0.163. The van der Waals surface area contributed by atoms with Crippen LogP contribution in [0.15, 0.2) is 6.07 Å². The van der Waals surface area contributed by atoms with Crippen LogP contribution in [-0.4, -0.2) is 41.1 Å². The van der Waals surface area contributed by atoms with Crippen molar-refractivity contribution in [3.05, 3.63) is 28.3 Å². The Morgan fingerprint density at radius 1 is 1.04 bits per heavy atom. The molecule has 0 amide bonds. The third-order valence-electron chi connectivity index (χ3n) is 4.85. The molecule has 1 atom stereocenters. The molecule has 1 aromatic rings. The quantitative estimate of drug-likeness (QED) is 0.532. The minimum Gasteiger partial charge on any atom is -0.507 e. The fraction of sp³-hybridized carbons (Fsp3) is 0.727. The van der Waals surface area contributed by atoms with E-state index >= 15 is 0 Å². The van der Waals surface area contributed by atoms with Gasteiger partial charge in [-0.15, -0.1) is 0 Å². The van der Waals surface area contributed by atoms with Gasteiger partial charge in [0.15, 0.2) is 0 Å². The summed E-state index contributed by atoms with van der Waals surface area (Å²) in [4.78, 5) is 0. The molecular weight excluding hydrogens is 326 g/mol. The van der Waals surface area contributed by atoms with E-state index in [-0.39, 0.29) is 17.4 Å². The summed E-state index contributed by atoms with van der Waals surface area (Å²) in [5.74, 6) is 0.395. The van der Waals surface area contributed by atoms with Gasteiger partial charge in [0.25, 0.3) is 0 Å². The van der Waals surface area contributed by atoms with E-state index in [1.807, 2.05) is 6.92 Å². The number of nitrogens with one attached hydrogen (secondary N) is 1. The monoisotopic (exact) mass is 365 g/mol. The first-order valence-electron chi connectivity index (χ1n) is 9.75. The molecule has 0 heterocycles. The van der Waals surface area contributed by atoms with Crippen molar-refractivity contribution < 1.29 is 15.3 Å². The molecular formula is C22H39NO3. The normalized spacial score (nSPS) is 13.9. The van der Waals surface area contributed by atoms with Crippen LogP contribution in [0.2, 0.25) is 0 Å². The Balaban J connectivity index is 3.07. The predicted octanol–water partition coefficient (Wildman–Crippen LogP) is 3.56. The van der Waals surface area contributed by atoms with Gasteiger partial charge in [0, 0.05) is 12.2 Å². The molecule has 4 nitrogen and oxygen atoms in total. The summed E-state index contributed by atoms with van der Waals surface area (Å²) >= 11 is 0. The fourth-order valence-electron chi connectivity index (χ4n) is 3.48. The molecule has 0 aliphatic rings. The van der Waals surface area contributed by atoms with Crippen molar-refractivity contribution in [1.29, 1.82) is 0 Å². The van der Waals surface area contributed by atoms with Gasteiger partial charge in [0.2, 0.25) is 0 Å². The van der Waals surface area contributed by atoms with Gasteiger partial charge in [-0.3, -0.25) is 0 Å². The van der Waals surface area contributed by atoms with E-state index in [9.17, 15) is 10.2 Å². The van der Waals surface area contributed by atoms with Crippen LogP contribution < -0.4 is 5.32 Å². The van der Waals surface area contributed by atoms with Crippen molar-refractivity contribution in [3.63, 3.8) is 0 Å². The third kappa shape index (κ3) is 6.26. The minimum atomic E-state index is -0.430. The second-order valence-corrected chi connectivity index (χ2v) is 9.41. The summed E-state index contributed by atoms with van der Waals surface area (Å²) in [5, 5.41) is 33.5. The van der Waals surface area contributed by atoms with E-state index in [0.717, 1.165) is 41.8 Å². The molecule has 1 rings (SSSR count). The van der Waals surface area contributed by atoms with Crippen LogP contribution in [0.4, 0.5) is 0 Å². The second-order valence-electron chi connectivity index (χ2n) is 9.41. The SMILES string of the molecule is Cc1c(CC(O)CCNCCCO)cc(C(C)(C)C)c(O)c1C(C)(C)C. The Hall–Kier alpha value is -1.10. The maximum atomic E-state index is 10.9. The Kier molecular flexibility index (Phi) is 8.12. The Labute approximate surface area is 159 Å². The van der Waals surface area contributed by atoms with Crippen molar-refractivity contribution >= 4 is 0 Å². The van der Waals surface area contributed by atoms with E-state index in [2.05, 4.69) is 52.9 Å². The summed E-state index contributed by atoms with van der Waals surface area (Å²) in [5.41, 5.74) is 3.78. The molecule has 0 bridgehead atoms. The standard InChI is InChI=1S/C22H39NO3/c1-15-16(13-17(25)9-11-23-10-8-12-24)14-18(21(2,3)4)20(26)19(15)22(5,6)7/h14,17,23-26H,8-13H2,1-7H3. The Bertz CT molecular complexity index is 583. The van der Waals surface area contributed by atoms with Crippen molar-refractivity contribution in [2.45, 2.75) is 84.7 Å². The maximum Gasteiger partial charge on any atom is 0.123 e. The summed E-state index contributed by atoms with van der Waals surface area (Å²) in [6.07, 6.45) is 1.55. The molecule has 150 valence electrons. The zero-order valence-electron chi connectivity index (χ0n) is 17.7. The van der Waals surface area contributed by atoms with Crippen LogP contribution in [0.5, 0.6) is 5.75 Å². The van der Waals surface area contributed by atoms with Gasteiger partial charge >= 0.3 is 0 Å². The molecule has 0 saturated carbocycles. The summed E-state index contributed by atoms with van der Waals surface area (Å²) in [6.45, 7) is 16.4. The van der Waals surface area contributed by atoms with E-state index in [4.69, 9.17) is 5.11 Å². The van der Waals surface area contributed by atoms with Gasteiger partial charge < -0.3 is 20.6 Å². The van der Waals surface area contributed by atoms with Crippen LogP contribution in [0.3, 0.4) is 0 Å². The number of phenols is 1. The highest BCUT2D eigenvalue weighted by Gasteiger charge is 2.29. The molecule has 0 aliphatic heterocycles. The van der Waals surface area contributed by atoms with Gasteiger partial charge in [-0.05, 0) is 66.8 Å². The number of hydrogen-bond acceptors (Lipinski definition) is 4. The molecule has 4 heteroatoms. The van der Waals surface area contributed by atoms with E-state index < -0.39 is 6.10 Å². The first-order valence-corrected chi connectivity index (χ1v) is 9.75. The lowest BCUT2D eigenvalue weighted by Crippen LogP contribution is -2.24.